The first-order valence-corrected chi connectivity index (χ1v) is 11.2. The second kappa shape index (κ2) is 9.28. The van der Waals surface area contributed by atoms with E-state index in [9.17, 15) is 0 Å². The van der Waals surface area contributed by atoms with Crippen LogP contribution < -0.4 is 10.6 Å². The van der Waals surface area contributed by atoms with Crippen LogP contribution in [0.3, 0.4) is 0 Å². The topological polar surface area (TPSA) is 70.4 Å². The van der Waals surface area contributed by atoms with Gasteiger partial charge in [-0.3, -0.25) is 4.90 Å². The van der Waals surface area contributed by atoms with Crippen LogP contribution in [0.1, 0.15) is 51.2 Å². The highest BCUT2D eigenvalue weighted by atomic mass is 32.2. The molecule has 8 heteroatoms. The Morgan fingerprint density at radius 3 is 2.85 bits per heavy atom. The van der Waals surface area contributed by atoms with Crippen LogP contribution in [0.5, 0.6) is 0 Å². The van der Waals surface area contributed by atoms with Crippen molar-refractivity contribution in [2.24, 2.45) is 12.0 Å². The lowest BCUT2D eigenvalue weighted by atomic mass is 10.1. The van der Waals surface area contributed by atoms with Crippen LogP contribution in [0.4, 0.5) is 0 Å². The monoisotopic (exact) mass is 393 g/mol. The number of guanidine groups is 1. The lowest BCUT2D eigenvalue weighted by Gasteiger charge is -2.27. The molecule has 2 N–H and O–H groups in total. The number of aryl methyl sites for hydroxylation is 1. The zero-order valence-electron chi connectivity index (χ0n) is 17.3. The van der Waals surface area contributed by atoms with Crippen LogP contribution in [0.2, 0.25) is 0 Å². The van der Waals surface area contributed by atoms with Crippen molar-refractivity contribution in [3.05, 3.63) is 11.6 Å². The maximum absolute atomic E-state index is 4.82. The Hall–Kier alpha value is -1.28. The lowest BCUT2D eigenvalue weighted by Crippen LogP contribution is -2.47. The van der Waals surface area contributed by atoms with Gasteiger partial charge in [-0.15, -0.1) is 10.2 Å². The molecule has 7 nitrogen and oxygen atoms in total. The molecular formula is C19H35N7S. The van der Waals surface area contributed by atoms with Crippen LogP contribution >= 0.6 is 11.8 Å². The molecule has 0 spiro atoms. The maximum Gasteiger partial charge on any atom is 0.191 e. The molecule has 0 aliphatic carbocycles. The van der Waals surface area contributed by atoms with E-state index in [1.807, 2.05) is 18.5 Å². The van der Waals surface area contributed by atoms with E-state index in [0.29, 0.717) is 17.3 Å². The number of hydrogen-bond acceptors (Lipinski definition) is 5. The molecule has 3 rings (SSSR count). The van der Waals surface area contributed by atoms with Crippen LogP contribution in [0, 0.1) is 6.92 Å². The predicted octanol–water partition coefficient (Wildman–Crippen LogP) is 1.93. The summed E-state index contributed by atoms with van der Waals surface area (Å²) in [5, 5.41) is 15.6. The standard InChI is InChI=1S/C19H35N7S/c1-5-26-10-6-8-16(26)12-20-18(22-14-19(3)9-7-11-27-19)21-13-17-24-23-15(2)25(17)4/h16H,5-14H2,1-4H3,(H2,20,21,22). The number of aliphatic imine (C=N–C) groups is 1. The van der Waals surface area contributed by atoms with Crippen molar-refractivity contribution in [2.45, 2.75) is 63.8 Å². The summed E-state index contributed by atoms with van der Waals surface area (Å²) in [5.41, 5.74) is 0. The van der Waals surface area contributed by atoms with Gasteiger partial charge in [-0.1, -0.05) is 6.92 Å². The molecule has 3 heterocycles. The third-order valence-electron chi connectivity index (χ3n) is 5.90. The molecule has 152 valence electrons. The van der Waals surface area contributed by atoms with Crippen molar-refractivity contribution < 1.29 is 0 Å². The zero-order valence-corrected chi connectivity index (χ0v) is 18.1. The molecule has 2 aliphatic rings. The van der Waals surface area contributed by atoms with Gasteiger partial charge in [0.1, 0.15) is 12.4 Å². The number of thioether (sulfide) groups is 1. The highest BCUT2D eigenvalue weighted by Gasteiger charge is 2.29. The van der Waals surface area contributed by atoms with Gasteiger partial charge in [0.05, 0.1) is 0 Å². The minimum atomic E-state index is 0.312. The summed E-state index contributed by atoms with van der Waals surface area (Å²) in [7, 11) is 1.99. The van der Waals surface area contributed by atoms with Gasteiger partial charge in [0.25, 0.3) is 0 Å². The fourth-order valence-electron chi connectivity index (χ4n) is 3.92. The summed E-state index contributed by atoms with van der Waals surface area (Å²) in [6.45, 7) is 11.4. The maximum atomic E-state index is 4.82. The van der Waals surface area contributed by atoms with Gasteiger partial charge in [0, 0.05) is 30.9 Å². The Labute approximate surface area is 167 Å². The van der Waals surface area contributed by atoms with E-state index < -0.39 is 0 Å². The van der Waals surface area contributed by atoms with E-state index in [4.69, 9.17) is 4.99 Å². The van der Waals surface area contributed by atoms with E-state index >= 15 is 0 Å². The molecule has 0 saturated carbocycles. The van der Waals surface area contributed by atoms with E-state index in [1.165, 1.54) is 38.0 Å². The van der Waals surface area contributed by atoms with Crippen molar-refractivity contribution in [1.29, 1.82) is 0 Å². The van der Waals surface area contributed by atoms with Gasteiger partial charge in [0.2, 0.25) is 0 Å². The summed E-state index contributed by atoms with van der Waals surface area (Å²) in [6, 6.07) is 0.607. The average molecular weight is 394 g/mol. The molecule has 0 amide bonds. The number of likely N-dealkylation sites (N-methyl/N-ethyl adjacent to an activating group) is 1. The van der Waals surface area contributed by atoms with Gasteiger partial charge >= 0.3 is 0 Å². The molecular weight excluding hydrogens is 358 g/mol. The van der Waals surface area contributed by atoms with Crippen molar-refractivity contribution in [2.75, 3.05) is 31.9 Å². The van der Waals surface area contributed by atoms with Gasteiger partial charge in [-0.05, 0) is 58.4 Å². The number of nitrogens with zero attached hydrogens (tertiary/aromatic N) is 5. The summed E-state index contributed by atoms with van der Waals surface area (Å²) in [4.78, 5) is 7.38. The third-order valence-corrected chi connectivity index (χ3v) is 7.44. The van der Waals surface area contributed by atoms with Crippen molar-refractivity contribution >= 4 is 17.7 Å². The van der Waals surface area contributed by atoms with E-state index in [2.05, 4.69) is 51.3 Å². The first-order valence-electron chi connectivity index (χ1n) is 10.3. The summed E-state index contributed by atoms with van der Waals surface area (Å²) < 4.78 is 2.32. The number of aromatic nitrogens is 3. The highest BCUT2D eigenvalue weighted by molar-refractivity contribution is 8.00. The van der Waals surface area contributed by atoms with Gasteiger partial charge in [-0.25, -0.2) is 4.99 Å². The number of nitrogens with one attached hydrogen (secondary N) is 2. The summed E-state index contributed by atoms with van der Waals surface area (Å²) >= 11 is 2.07. The van der Waals surface area contributed by atoms with Crippen LogP contribution in [-0.4, -0.2) is 68.3 Å². The number of hydrogen-bond donors (Lipinski definition) is 2. The van der Waals surface area contributed by atoms with Gasteiger partial charge < -0.3 is 15.2 Å². The second-order valence-corrected chi connectivity index (χ2v) is 9.63. The molecule has 1 aromatic rings. The molecule has 2 atom stereocenters. The minimum absolute atomic E-state index is 0.312. The van der Waals surface area contributed by atoms with Gasteiger partial charge in [-0.2, -0.15) is 11.8 Å². The fourth-order valence-corrected chi connectivity index (χ4v) is 5.16. The molecule has 1 aromatic heterocycles. The zero-order chi connectivity index (χ0) is 19.3. The molecule has 2 aliphatic heterocycles. The van der Waals surface area contributed by atoms with Crippen molar-refractivity contribution in [3.63, 3.8) is 0 Å². The Morgan fingerprint density at radius 2 is 2.19 bits per heavy atom. The molecule has 2 unspecified atom stereocenters. The Bertz CT molecular complexity index is 636. The Morgan fingerprint density at radius 1 is 1.33 bits per heavy atom. The summed E-state index contributed by atoms with van der Waals surface area (Å²) in [5.74, 6) is 3.98. The quantitative estimate of drug-likeness (QED) is 0.545. The fraction of sp³-hybridized carbons (Fsp3) is 0.842. The average Bonchev–Trinajstić information content (AvgIpc) is 3.37. The molecule has 2 fully saturated rings. The molecule has 2 saturated heterocycles. The number of likely N-dealkylation sites (tertiary alicyclic amines) is 1. The van der Waals surface area contributed by atoms with Crippen LogP contribution in [-0.2, 0) is 13.6 Å². The van der Waals surface area contributed by atoms with Crippen LogP contribution in [0.25, 0.3) is 0 Å². The van der Waals surface area contributed by atoms with Crippen molar-refractivity contribution in [3.8, 4) is 0 Å². The predicted molar refractivity (Wildman–Crippen MR) is 113 cm³/mol. The first kappa shape index (κ1) is 20.5. The molecule has 27 heavy (non-hydrogen) atoms. The Balaban J connectivity index is 1.61. The SMILES string of the molecule is CCN1CCCC1CNC(=NCc1nnc(C)n1C)NCC1(C)CCCS1. The normalized spacial score (nSPS) is 26.7. The van der Waals surface area contributed by atoms with E-state index in [1.54, 1.807) is 0 Å². The second-order valence-electron chi connectivity index (χ2n) is 7.95. The largest absolute Gasteiger partial charge is 0.355 e. The molecule has 0 bridgehead atoms. The van der Waals surface area contributed by atoms with E-state index in [0.717, 1.165) is 37.2 Å². The van der Waals surface area contributed by atoms with Crippen molar-refractivity contribution in [1.82, 2.24) is 30.3 Å². The first-order chi connectivity index (χ1) is 13.0. The molecule has 0 aromatic carbocycles. The highest BCUT2D eigenvalue weighted by Crippen LogP contribution is 2.36. The van der Waals surface area contributed by atoms with Crippen LogP contribution in [0.15, 0.2) is 4.99 Å². The minimum Gasteiger partial charge on any atom is -0.355 e. The smallest absolute Gasteiger partial charge is 0.191 e. The lowest BCUT2D eigenvalue weighted by molar-refractivity contribution is 0.267. The Kier molecular flexibility index (Phi) is 7.03. The van der Waals surface area contributed by atoms with E-state index in [-0.39, 0.29) is 0 Å². The third kappa shape index (κ3) is 5.38. The summed E-state index contributed by atoms with van der Waals surface area (Å²) in [6.07, 6.45) is 5.15. The number of rotatable bonds is 7. The van der Waals surface area contributed by atoms with Gasteiger partial charge in [0.15, 0.2) is 11.8 Å². The molecule has 0 radical (unpaired) electrons.